The average molecular weight is 225 g/mol. The SMILES string of the molecule is O=C1CCN(C2CCC(C(=O)O)CC2)CC1. The fourth-order valence-corrected chi connectivity index (χ4v) is 2.83. The summed E-state index contributed by atoms with van der Waals surface area (Å²) in [5.74, 6) is -0.412. The van der Waals surface area contributed by atoms with E-state index in [1.54, 1.807) is 0 Å². The molecule has 0 bridgehead atoms. The van der Waals surface area contributed by atoms with Crippen LogP contribution >= 0.6 is 0 Å². The number of nitrogens with zero attached hydrogens (tertiary/aromatic N) is 1. The van der Waals surface area contributed by atoms with Gasteiger partial charge in [0, 0.05) is 32.0 Å². The van der Waals surface area contributed by atoms with Crippen LogP contribution in [-0.2, 0) is 9.59 Å². The van der Waals surface area contributed by atoms with E-state index < -0.39 is 5.97 Å². The maximum absolute atomic E-state index is 11.1. The van der Waals surface area contributed by atoms with Gasteiger partial charge in [-0.1, -0.05) is 0 Å². The van der Waals surface area contributed by atoms with Crippen LogP contribution < -0.4 is 0 Å². The highest BCUT2D eigenvalue weighted by Gasteiger charge is 2.30. The number of rotatable bonds is 2. The lowest BCUT2D eigenvalue weighted by Gasteiger charge is -2.37. The van der Waals surface area contributed by atoms with E-state index >= 15 is 0 Å². The van der Waals surface area contributed by atoms with Crippen LogP contribution in [0.2, 0.25) is 0 Å². The van der Waals surface area contributed by atoms with E-state index in [0.717, 1.165) is 38.8 Å². The molecule has 0 radical (unpaired) electrons. The lowest BCUT2D eigenvalue weighted by Crippen LogP contribution is -2.43. The second kappa shape index (κ2) is 4.95. The molecule has 0 aromatic rings. The van der Waals surface area contributed by atoms with E-state index in [2.05, 4.69) is 4.90 Å². The molecule has 0 atom stereocenters. The molecule has 2 aliphatic rings. The highest BCUT2D eigenvalue weighted by molar-refractivity contribution is 5.79. The highest BCUT2D eigenvalue weighted by Crippen LogP contribution is 2.28. The molecule has 90 valence electrons. The smallest absolute Gasteiger partial charge is 0.306 e. The summed E-state index contributed by atoms with van der Waals surface area (Å²) in [6, 6.07) is 0.517. The summed E-state index contributed by atoms with van der Waals surface area (Å²) in [6.45, 7) is 1.75. The Morgan fingerprint density at radius 3 is 2.19 bits per heavy atom. The van der Waals surface area contributed by atoms with Gasteiger partial charge < -0.3 is 5.11 Å². The van der Waals surface area contributed by atoms with Crippen LogP contribution in [-0.4, -0.2) is 40.9 Å². The lowest BCUT2D eigenvalue weighted by atomic mass is 9.85. The third-order valence-electron chi connectivity index (χ3n) is 3.92. The molecular weight excluding hydrogens is 206 g/mol. The third-order valence-corrected chi connectivity index (χ3v) is 3.92. The largest absolute Gasteiger partial charge is 0.481 e. The maximum atomic E-state index is 11.1. The zero-order valence-electron chi connectivity index (χ0n) is 9.52. The molecule has 1 saturated carbocycles. The number of Topliss-reactive ketones (excluding diaryl/α,β-unsaturated/α-hetero) is 1. The zero-order valence-corrected chi connectivity index (χ0v) is 9.52. The number of piperidine rings is 1. The van der Waals surface area contributed by atoms with Crippen molar-refractivity contribution in [1.29, 1.82) is 0 Å². The minimum Gasteiger partial charge on any atom is -0.481 e. The number of likely N-dealkylation sites (tertiary alicyclic amines) is 1. The van der Waals surface area contributed by atoms with Gasteiger partial charge in [0.15, 0.2) is 0 Å². The van der Waals surface area contributed by atoms with Gasteiger partial charge in [-0.15, -0.1) is 0 Å². The van der Waals surface area contributed by atoms with Crippen LogP contribution in [0.25, 0.3) is 0 Å². The van der Waals surface area contributed by atoms with Crippen molar-refractivity contribution in [2.24, 2.45) is 5.92 Å². The third kappa shape index (κ3) is 2.61. The Morgan fingerprint density at radius 1 is 1.12 bits per heavy atom. The van der Waals surface area contributed by atoms with Crippen molar-refractivity contribution in [3.8, 4) is 0 Å². The second-order valence-corrected chi connectivity index (χ2v) is 4.92. The Hall–Kier alpha value is -0.900. The number of carboxylic acid groups (broad SMARTS) is 1. The van der Waals surface area contributed by atoms with Gasteiger partial charge in [0.05, 0.1) is 5.92 Å². The summed E-state index contributed by atoms with van der Waals surface area (Å²) in [7, 11) is 0. The molecule has 1 aliphatic carbocycles. The van der Waals surface area contributed by atoms with Crippen molar-refractivity contribution < 1.29 is 14.7 Å². The van der Waals surface area contributed by atoms with E-state index in [0.29, 0.717) is 24.7 Å². The number of hydrogen-bond acceptors (Lipinski definition) is 3. The summed E-state index contributed by atoms with van der Waals surface area (Å²) in [5, 5.41) is 8.91. The van der Waals surface area contributed by atoms with Crippen molar-refractivity contribution in [3.05, 3.63) is 0 Å². The van der Waals surface area contributed by atoms with Gasteiger partial charge in [-0.25, -0.2) is 0 Å². The van der Waals surface area contributed by atoms with Gasteiger partial charge in [-0.3, -0.25) is 14.5 Å². The van der Waals surface area contributed by atoms with E-state index in [9.17, 15) is 9.59 Å². The van der Waals surface area contributed by atoms with Crippen molar-refractivity contribution >= 4 is 11.8 Å². The Balaban J connectivity index is 1.80. The molecule has 0 spiro atoms. The van der Waals surface area contributed by atoms with Gasteiger partial charge in [-0.05, 0) is 25.7 Å². The number of hydrogen-bond donors (Lipinski definition) is 1. The van der Waals surface area contributed by atoms with Crippen LogP contribution in [0.3, 0.4) is 0 Å². The van der Waals surface area contributed by atoms with Crippen LogP contribution in [0.4, 0.5) is 0 Å². The van der Waals surface area contributed by atoms with Crippen LogP contribution in [0.5, 0.6) is 0 Å². The fraction of sp³-hybridized carbons (Fsp3) is 0.833. The molecule has 0 amide bonds. The number of aliphatic carboxylic acids is 1. The Morgan fingerprint density at radius 2 is 1.69 bits per heavy atom. The predicted octanol–water partition coefficient (Wildman–Crippen LogP) is 1.29. The van der Waals surface area contributed by atoms with E-state index in [1.165, 1.54) is 0 Å². The fourth-order valence-electron chi connectivity index (χ4n) is 2.83. The van der Waals surface area contributed by atoms with Crippen molar-refractivity contribution in [2.75, 3.05) is 13.1 Å². The quantitative estimate of drug-likeness (QED) is 0.769. The van der Waals surface area contributed by atoms with Crippen LogP contribution in [0.1, 0.15) is 38.5 Å². The first-order chi connectivity index (χ1) is 7.66. The van der Waals surface area contributed by atoms with Crippen LogP contribution in [0, 0.1) is 5.92 Å². The number of carbonyl (C=O) groups excluding carboxylic acids is 1. The van der Waals surface area contributed by atoms with E-state index in [-0.39, 0.29) is 5.92 Å². The molecule has 0 aromatic carbocycles. The summed E-state index contributed by atoms with van der Waals surface area (Å²) in [5.41, 5.74) is 0. The molecule has 16 heavy (non-hydrogen) atoms. The topological polar surface area (TPSA) is 57.6 Å². The lowest BCUT2D eigenvalue weighted by molar-refractivity contribution is -0.143. The van der Waals surface area contributed by atoms with Gasteiger partial charge >= 0.3 is 5.97 Å². The summed E-state index contributed by atoms with van der Waals surface area (Å²) in [6.07, 6.45) is 4.91. The maximum Gasteiger partial charge on any atom is 0.306 e. The summed E-state index contributed by atoms with van der Waals surface area (Å²) >= 11 is 0. The summed E-state index contributed by atoms with van der Waals surface area (Å²) in [4.78, 5) is 24.3. The highest BCUT2D eigenvalue weighted by atomic mass is 16.4. The molecule has 4 heteroatoms. The minimum absolute atomic E-state index is 0.136. The second-order valence-electron chi connectivity index (χ2n) is 4.92. The molecule has 1 saturated heterocycles. The molecule has 2 fully saturated rings. The normalized spacial score (nSPS) is 32.6. The molecule has 1 aliphatic heterocycles. The Kier molecular flexibility index (Phi) is 3.59. The Bertz CT molecular complexity index is 272. The first-order valence-electron chi connectivity index (χ1n) is 6.15. The molecule has 1 N–H and O–H groups in total. The molecular formula is C12H19NO3. The molecule has 1 heterocycles. The zero-order chi connectivity index (χ0) is 11.5. The van der Waals surface area contributed by atoms with E-state index in [1.807, 2.05) is 0 Å². The van der Waals surface area contributed by atoms with Crippen molar-refractivity contribution in [3.63, 3.8) is 0 Å². The average Bonchev–Trinajstić information content (AvgIpc) is 2.30. The standard InChI is InChI=1S/C12H19NO3/c14-11-5-7-13(8-6-11)10-3-1-9(2-4-10)12(15)16/h9-10H,1-8H2,(H,15,16). The van der Waals surface area contributed by atoms with Gasteiger partial charge in [0.1, 0.15) is 5.78 Å². The first-order valence-corrected chi connectivity index (χ1v) is 6.15. The number of carboxylic acids is 1. The van der Waals surface area contributed by atoms with Crippen molar-refractivity contribution in [2.45, 2.75) is 44.6 Å². The van der Waals surface area contributed by atoms with Gasteiger partial charge in [-0.2, -0.15) is 0 Å². The molecule has 2 rings (SSSR count). The van der Waals surface area contributed by atoms with Gasteiger partial charge in [0.2, 0.25) is 0 Å². The molecule has 4 nitrogen and oxygen atoms in total. The number of carbonyl (C=O) groups is 2. The molecule has 0 unspecified atom stereocenters. The van der Waals surface area contributed by atoms with Crippen LogP contribution in [0.15, 0.2) is 0 Å². The monoisotopic (exact) mass is 225 g/mol. The first kappa shape index (κ1) is 11.6. The molecule has 0 aromatic heterocycles. The summed E-state index contributed by atoms with van der Waals surface area (Å²) < 4.78 is 0. The van der Waals surface area contributed by atoms with Gasteiger partial charge in [0.25, 0.3) is 0 Å². The Labute approximate surface area is 95.6 Å². The van der Waals surface area contributed by atoms with E-state index in [4.69, 9.17) is 5.11 Å². The minimum atomic E-state index is -0.646. The number of ketones is 1. The predicted molar refractivity (Wildman–Crippen MR) is 59.2 cm³/mol. The van der Waals surface area contributed by atoms with Crippen molar-refractivity contribution in [1.82, 2.24) is 4.90 Å².